The third-order valence-electron chi connectivity index (χ3n) is 4.92. The summed E-state index contributed by atoms with van der Waals surface area (Å²) in [6, 6.07) is 12.1. The van der Waals surface area contributed by atoms with E-state index in [1.54, 1.807) is 0 Å². The minimum absolute atomic E-state index is 0.0473. The SMILES string of the molecule is Cc1ccc(C)c(NC(=O)CN2CCN(c3cc(Cl)ccc3C)CC2)c1. The lowest BCUT2D eigenvalue weighted by Crippen LogP contribution is -2.48. The van der Waals surface area contributed by atoms with Crippen LogP contribution in [0.2, 0.25) is 5.02 Å². The maximum Gasteiger partial charge on any atom is 0.238 e. The number of halogens is 1. The van der Waals surface area contributed by atoms with Gasteiger partial charge in [-0.15, -0.1) is 0 Å². The van der Waals surface area contributed by atoms with Gasteiger partial charge in [-0.1, -0.05) is 29.8 Å². The Hall–Kier alpha value is -2.04. The molecule has 0 aliphatic carbocycles. The molecule has 26 heavy (non-hydrogen) atoms. The topological polar surface area (TPSA) is 35.6 Å². The molecule has 2 aromatic rings. The average Bonchev–Trinajstić information content (AvgIpc) is 2.61. The van der Waals surface area contributed by atoms with Crippen LogP contribution in [0.3, 0.4) is 0 Å². The minimum atomic E-state index is 0.0473. The van der Waals surface area contributed by atoms with Crippen molar-refractivity contribution < 1.29 is 4.79 Å². The first-order valence-electron chi connectivity index (χ1n) is 9.03. The second kappa shape index (κ2) is 8.11. The van der Waals surface area contributed by atoms with E-state index < -0.39 is 0 Å². The van der Waals surface area contributed by atoms with Crippen LogP contribution in [0.25, 0.3) is 0 Å². The van der Waals surface area contributed by atoms with Gasteiger partial charge in [0.1, 0.15) is 0 Å². The second-order valence-corrected chi connectivity index (χ2v) is 7.50. The average molecular weight is 372 g/mol. The molecule has 3 rings (SSSR count). The van der Waals surface area contributed by atoms with Crippen molar-refractivity contribution in [2.75, 3.05) is 42.9 Å². The molecule has 0 saturated carbocycles. The number of hydrogen-bond donors (Lipinski definition) is 1. The summed E-state index contributed by atoms with van der Waals surface area (Å²) in [7, 11) is 0. The van der Waals surface area contributed by atoms with E-state index in [4.69, 9.17) is 11.6 Å². The molecule has 0 atom stereocenters. The highest BCUT2D eigenvalue weighted by Gasteiger charge is 2.20. The first-order chi connectivity index (χ1) is 12.4. The highest BCUT2D eigenvalue weighted by molar-refractivity contribution is 6.30. The zero-order chi connectivity index (χ0) is 18.7. The summed E-state index contributed by atoms with van der Waals surface area (Å²) in [5.41, 5.74) is 5.57. The van der Waals surface area contributed by atoms with Crippen molar-refractivity contribution in [2.45, 2.75) is 20.8 Å². The molecule has 0 aromatic heterocycles. The number of anilines is 2. The number of aryl methyl sites for hydroxylation is 3. The van der Waals surface area contributed by atoms with Crippen molar-refractivity contribution in [2.24, 2.45) is 0 Å². The summed E-state index contributed by atoms with van der Waals surface area (Å²) in [4.78, 5) is 17.0. The molecule has 0 unspecified atom stereocenters. The number of carbonyl (C=O) groups is 1. The lowest BCUT2D eigenvalue weighted by Gasteiger charge is -2.36. The lowest BCUT2D eigenvalue weighted by atomic mass is 10.1. The Morgan fingerprint density at radius 1 is 1.00 bits per heavy atom. The summed E-state index contributed by atoms with van der Waals surface area (Å²) in [5, 5.41) is 3.81. The normalized spacial score (nSPS) is 15.2. The van der Waals surface area contributed by atoms with E-state index in [0.29, 0.717) is 6.54 Å². The number of benzene rings is 2. The van der Waals surface area contributed by atoms with Gasteiger partial charge in [0.2, 0.25) is 5.91 Å². The number of amides is 1. The van der Waals surface area contributed by atoms with Crippen LogP contribution in [-0.2, 0) is 4.79 Å². The molecule has 1 saturated heterocycles. The van der Waals surface area contributed by atoms with E-state index in [0.717, 1.165) is 48.0 Å². The first-order valence-corrected chi connectivity index (χ1v) is 9.41. The molecule has 0 spiro atoms. The van der Waals surface area contributed by atoms with E-state index in [1.165, 1.54) is 11.3 Å². The van der Waals surface area contributed by atoms with E-state index in [1.807, 2.05) is 38.1 Å². The van der Waals surface area contributed by atoms with Crippen molar-refractivity contribution in [1.29, 1.82) is 0 Å². The predicted octanol–water partition coefficient (Wildman–Crippen LogP) is 4.03. The maximum absolute atomic E-state index is 12.4. The van der Waals surface area contributed by atoms with Gasteiger partial charge in [-0.3, -0.25) is 9.69 Å². The number of rotatable bonds is 4. The molecule has 1 aliphatic heterocycles. The first kappa shape index (κ1) is 18.7. The Labute approximate surface area is 160 Å². The number of piperazine rings is 1. The molecule has 1 heterocycles. The van der Waals surface area contributed by atoms with Crippen LogP contribution in [0.1, 0.15) is 16.7 Å². The molecule has 2 aromatic carbocycles. The molecular formula is C21H26ClN3O. The van der Waals surface area contributed by atoms with Gasteiger partial charge in [0.05, 0.1) is 6.54 Å². The fourth-order valence-corrected chi connectivity index (χ4v) is 3.50. The van der Waals surface area contributed by atoms with Gasteiger partial charge in [-0.25, -0.2) is 0 Å². The third kappa shape index (κ3) is 4.57. The van der Waals surface area contributed by atoms with Gasteiger partial charge in [-0.2, -0.15) is 0 Å². The summed E-state index contributed by atoms with van der Waals surface area (Å²) < 4.78 is 0. The fraction of sp³-hybridized carbons (Fsp3) is 0.381. The Morgan fingerprint density at radius 3 is 2.42 bits per heavy atom. The molecular weight excluding hydrogens is 346 g/mol. The summed E-state index contributed by atoms with van der Waals surface area (Å²) in [6.07, 6.45) is 0. The summed E-state index contributed by atoms with van der Waals surface area (Å²) >= 11 is 6.14. The third-order valence-corrected chi connectivity index (χ3v) is 5.15. The van der Waals surface area contributed by atoms with Crippen molar-refractivity contribution in [3.8, 4) is 0 Å². The maximum atomic E-state index is 12.4. The Balaban J connectivity index is 1.54. The molecule has 0 bridgehead atoms. The van der Waals surface area contributed by atoms with Gasteiger partial charge in [-0.05, 0) is 55.7 Å². The van der Waals surface area contributed by atoms with Crippen LogP contribution in [0.5, 0.6) is 0 Å². The monoisotopic (exact) mass is 371 g/mol. The van der Waals surface area contributed by atoms with E-state index in [-0.39, 0.29) is 5.91 Å². The van der Waals surface area contributed by atoms with Crippen molar-refractivity contribution >= 4 is 28.9 Å². The van der Waals surface area contributed by atoms with Gasteiger partial charge in [0.25, 0.3) is 0 Å². The molecule has 1 amide bonds. The Kier molecular flexibility index (Phi) is 5.84. The number of carbonyl (C=O) groups excluding carboxylic acids is 1. The molecule has 5 heteroatoms. The van der Waals surface area contributed by atoms with Gasteiger partial charge < -0.3 is 10.2 Å². The van der Waals surface area contributed by atoms with E-state index in [9.17, 15) is 4.79 Å². The van der Waals surface area contributed by atoms with Gasteiger partial charge in [0.15, 0.2) is 0 Å². The van der Waals surface area contributed by atoms with Crippen LogP contribution in [0.4, 0.5) is 11.4 Å². The Morgan fingerprint density at radius 2 is 1.69 bits per heavy atom. The standard InChI is InChI=1S/C21H26ClN3O/c1-15-4-5-16(2)19(12-15)23-21(26)14-24-8-10-25(11-9-24)20-13-18(22)7-6-17(20)3/h4-7,12-13H,8-11,14H2,1-3H3,(H,23,26). The second-order valence-electron chi connectivity index (χ2n) is 7.06. The van der Waals surface area contributed by atoms with Crippen molar-refractivity contribution in [3.63, 3.8) is 0 Å². The molecule has 1 fully saturated rings. The Bertz CT molecular complexity index is 798. The molecule has 0 radical (unpaired) electrons. The minimum Gasteiger partial charge on any atom is -0.369 e. The van der Waals surface area contributed by atoms with E-state index in [2.05, 4.69) is 34.2 Å². The highest BCUT2D eigenvalue weighted by atomic mass is 35.5. The number of nitrogens with zero attached hydrogens (tertiary/aromatic N) is 2. The van der Waals surface area contributed by atoms with Crippen LogP contribution >= 0.6 is 11.6 Å². The van der Waals surface area contributed by atoms with Crippen LogP contribution < -0.4 is 10.2 Å². The summed E-state index contributed by atoms with van der Waals surface area (Å²) in [5.74, 6) is 0.0473. The predicted molar refractivity (Wildman–Crippen MR) is 109 cm³/mol. The molecule has 1 aliphatic rings. The summed E-state index contributed by atoms with van der Waals surface area (Å²) in [6.45, 7) is 10.1. The quantitative estimate of drug-likeness (QED) is 0.881. The molecule has 4 nitrogen and oxygen atoms in total. The molecule has 138 valence electrons. The van der Waals surface area contributed by atoms with Crippen LogP contribution in [0.15, 0.2) is 36.4 Å². The van der Waals surface area contributed by atoms with Crippen molar-refractivity contribution in [3.05, 3.63) is 58.1 Å². The lowest BCUT2D eigenvalue weighted by molar-refractivity contribution is -0.117. The van der Waals surface area contributed by atoms with Crippen LogP contribution in [0, 0.1) is 20.8 Å². The zero-order valence-electron chi connectivity index (χ0n) is 15.7. The number of nitrogens with one attached hydrogen (secondary N) is 1. The largest absolute Gasteiger partial charge is 0.369 e. The number of hydrogen-bond acceptors (Lipinski definition) is 3. The fourth-order valence-electron chi connectivity index (χ4n) is 3.33. The zero-order valence-corrected chi connectivity index (χ0v) is 16.4. The smallest absolute Gasteiger partial charge is 0.238 e. The van der Waals surface area contributed by atoms with Crippen molar-refractivity contribution in [1.82, 2.24) is 4.90 Å². The molecule has 1 N–H and O–H groups in total. The highest BCUT2D eigenvalue weighted by Crippen LogP contribution is 2.25. The van der Waals surface area contributed by atoms with Gasteiger partial charge >= 0.3 is 0 Å². The van der Waals surface area contributed by atoms with Gasteiger partial charge in [0, 0.05) is 42.6 Å². The van der Waals surface area contributed by atoms with E-state index >= 15 is 0 Å². The van der Waals surface area contributed by atoms with Crippen LogP contribution in [-0.4, -0.2) is 43.5 Å².